The predicted molar refractivity (Wildman–Crippen MR) is 231 cm³/mol. The van der Waals surface area contributed by atoms with E-state index in [0.717, 1.165) is 0 Å². The Bertz CT molecular complexity index is 2820. The van der Waals surface area contributed by atoms with E-state index < -0.39 is 32.1 Å². The lowest BCUT2D eigenvalue weighted by atomic mass is 10.0. The Balaban J connectivity index is 1.04. The molecule has 14 nitrogen and oxygen atoms in total. The quantitative estimate of drug-likeness (QED) is 0.0770. The van der Waals surface area contributed by atoms with Gasteiger partial charge >= 0.3 is 0 Å². The van der Waals surface area contributed by atoms with Gasteiger partial charge in [0.1, 0.15) is 0 Å². The molecule has 0 aliphatic heterocycles. The first-order valence-electron chi connectivity index (χ1n) is 18.9. The fraction of sp³-hybridized carbons (Fsp3) is 0.220. The van der Waals surface area contributed by atoms with Gasteiger partial charge in [0, 0.05) is 45.4 Å². The molecule has 2 amide bonds. The number of fused-ring (bicyclic) bond motifs is 6. The van der Waals surface area contributed by atoms with Gasteiger partial charge in [0.15, 0.2) is 11.4 Å². The molecule has 0 unspecified atom stereocenters. The minimum absolute atomic E-state index is 0.148. The van der Waals surface area contributed by atoms with Gasteiger partial charge in [0.2, 0.25) is 0 Å². The molecule has 0 fully saturated rings. The Hall–Kier alpha value is -4.78. The van der Waals surface area contributed by atoms with Gasteiger partial charge in [-0.2, -0.15) is 27.0 Å². The van der Waals surface area contributed by atoms with Crippen LogP contribution in [0.4, 0.5) is 0 Å². The van der Waals surface area contributed by atoms with E-state index in [4.69, 9.17) is 56.6 Å². The molecule has 2 heterocycles. The Kier molecular flexibility index (Phi) is 11.8. The first-order valence-corrected chi connectivity index (χ1v) is 23.3. The molecule has 6 aromatic rings. The van der Waals surface area contributed by atoms with E-state index in [0.29, 0.717) is 111 Å². The van der Waals surface area contributed by atoms with Crippen molar-refractivity contribution in [2.45, 2.75) is 54.7 Å². The van der Waals surface area contributed by atoms with Gasteiger partial charge in [-0.3, -0.25) is 18.7 Å². The zero-order chi connectivity index (χ0) is 43.4. The van der Waals surface area contributed by atoms with Crippen molar-refractivity contribution in [1.29, 1.82) is 0 Å². The summed E-state index contributed by atoms with van der Waals surface area (Å²) >= 11 is 25.7. The first-order chi connectivity index (χ1) is 29.0. The maximum atomic E-state index is 13.9. The lowest BCUT2D eigenvalue weighted by molar-refractivity contribution is 0.0945. The van der Waals surface area contributed by atoms with Crippen LogP contribution < -0.4 is 10.6 Å². The summed E-state index contributed by atoms with van der Waals surface area (Å²) in [6.07, 6.45) is 3.25. The van der Waals surface area contributed by atoms with Crippen LogP contribution in [0.25, 0.3) is 33.9 Å². The summed E-state index contributed by atoms with van der Waals surface area (Å²) in [4.78, 5) is 27.2. The normalized spacial score (nSPS) is 13.6. The molecule has 4 aromatic carbocycles. The lowest BCUT2D eigenvalue weighted by Gasteiger charge is -2.13. The van der Waals surface area contributed by atoms with E-state index in [1.165, 1.54) is 24.3 Å². The Morgan fingerprint density at radius 3 is 1.38 bits per heavy atom. The molecule has 8 rings (SSSR count). The largest absolute Gasteiger partial charge is 0.351 e. The fourth-order valence-corrected chi connectivity index (χ4v) is 9.89. The fourth-order valence-electron chi connectivity index (χ4n) is 7.85. The second-order valence-electron chi connectivity index (χ2n) is 14.5. The molecule has 0 spiro atoms. The second kappa shape index (κ2) is 16.8. The number of nitrogens with zero attached hydrogens (tertiary/aromatic N) is 4. The van der Waals surface area contributed by atoms with Crippen molar-refractivity contribution in [2.24, 2.45) is 0 Å². The predicted octanol–water partition coefficient (Wildman–Crippen LogP) is 8.03. The zero-order valence-corrected chi connectivity index (χ0v) is 36.4. The van der Waals surface area contributed by atoms with Crippen molar-refractivity contribution in [3.63, 3.8) is 0 Å². The summed E-state index contributed by atoms with van der Waals surface area (Å²) in [5.41, 5.74) is 6.10. The van der Waals surface area contributed by atoms with Crippen molar-refractivity contribution < 1.29 is 35.5 Å². The molecule has 2 aliphatic rings. The molecule has 61 heavy (non-hydrogen) atoms. The zero-order valence-electron chi connectivity index (χ0n) is 31.8. The van der Waals surface area contributed by atoms with Crippen LogP contribution >= 0.6 is 46.4 Å². The van der Waals surface area contributed by atoms with Crippen LogP contribution in [0.3, 0.4) is 0 Å². The van der Waals surface area contributed by atoms with Gasteiger partial charge in [-0.05, 0) is 117 Å². The summed E-state index contributed by atoms with van der Waals surface area (Å²) in [7, 11) is -8.93. The third-order valence-corrected chi connectivity index (χ3v) is 13.4. The standard InChI is InChI=1S/C41H34Cl4N6O8S2/c42-24-8-14-34(32(44)20-24)50-38-28-12-10-26(60(54,55)56)18-22(28)4-1-6-30(38)36(48-50)40(52)46-16-3-17-47-41(53)37-31-7-2-5-23-19-27(61(57,58)59)11-13-29(23)39(31)51(49-37)35-15-9-25(43)21-33(35)45/h8-15,18-21H,1-7,16-17H2,(H,46,52)(H,47,53)(H,54,55,56)(H,57,58,59). The van der Waals surface area contributed by atoms with Crippen molar-refractivity contribution >= 4 is 78.5 Å². The van der Waals surface area contributed by atoms with Crippen LogP contribution in [0.1, 0.15) is 62.5 Å². The Morgan fingerprint density at radius 1 is 0.590 bits per heavy atom. The SMILES string of the molecule is O=C(NCCCNC(=O)c1nn(-c2ccc(Cl)cc2Cl)c2c1CCCc1cc(S(=O)(=O)O)ccc1-2)c1nn(-c2ccc(Cl)cc2Cl)c2c1CCCc1cc(S(=O)(=O)O)ccc1-2. The highest BCUT2D eigenvalue weighted by Crippen LogP contribution is 2.40. The van der Waals surface area contributed by atoms with Crippen LogP contribution in [0.2, 0.25) is 20.1 Å². The molecule has 2 aromatic heterocycles. The van der Waals surface area contributed by atoms with E-state index in [1.54, 1.807) is 57.9 Å². The summed E-state index contributed by atoms with van der Waals surface area (Å²) in [5.74, 6) is -0.937. The molecular formula is C41H34Cl4N6O8S2. The van der Waals surface area contributed by atoms with E-state index in [2.05, 4.69) is 10.6 Å². The van der Waals surface area contributed by atoms with Gasteiger partial charge in [0.05, 0.1) is 42.6 Å². The average molecular weight is 945 g/mol. The van der Waals surface area contributed by atoms with Gasteiger partial charge < -0.3 is 10.6 Å². The van der Waals surface area contributed by atoms with E-state index in [-0.39, 0.29) is 44.3 Å². The number of carbonyl (C=O) groups excluding carboxylic acids is 2. The number of carbonyl (C=O) groups is 2. The van der Waals surface area contributed by atoms with Crippen LogP contribution in [-0.2, 0) is 45.9 Å². The lowest BCUT2D eigenvalue weighted by Crippen LogP contribution is -2.31. The number of benzene rings is 4. The van der Waals surface area contributed by atoms with E-state index in [9.17, 15) is 35.5 Å². The smallest absolute Gasteiger partial charge is 0.294 e. The molecule has 0 atom stereocenters. The number of hydrogen-bond acceptors (Lipinski definition) is 8. The highest BCUT2D eigenvalue weighted by molar-refractivity contribution is 7.86. The third kappa shape index (κ3) is 8.55. The van der Waals surface area contributed by atoms with Crippen LogP contribution in [-0.4, -0.2) is 70.4 Å². The summed E-state index contributed by atoms with van der Waals surface area (Å²) in [5, 5.41) is 16.6. The Morgan fingerprint density at radius 2 is 1.00 bits per heavy atom. The van der Waals surface area contributed by atoms with E-state index in [1.807, 2.05) is 0 Å². The summed E-state index contributed by atoms with van der Waals surface area (Å²) < 4.78 is 70.5. The van der Waals surface area contributed by atoms with Crippen LogP contribution in [0.15, 0.2) is 82.6 Å². The summed E-state index contributed by atoms with van der Waals surface area (Å²) in [6, 6.07) is 18.3. The maximum absolute atomic E-state index is 13.9. The average Bonchev–Trinajstić information content (AvgIpc) is 3.61. The molecule has 0 saturated heterocycles. The molecule has 2 aliphatic carbocycles. The monoisotopic (exact) mass is 942 g/mol. The van der Waals surface area contributed by atoms with Gasteiger partial charge in [-0.15, -0.1) is 0 Å². The van der Waals surface area contributed by atoms with Gasteiger partial charge in [0.25, 0.3) is 32.1 Å². The van der Waals surface area contributed by atoms with Crippen LogP contribution in [0.5, 0.6) is 0 Å². The maximum Gasteiger partial charge on any atom is 0.294 e. The highest BCUT2D eigenvalue weighted by Gasteiger charge is 2.31. The number of amides is 2. The van der Waals surface area contributed by atoms with Crippen LogP contribution in [0, 0.1) is 0 Å². The number of aromatic nitrogens is 4. The van der Waals surface area contributed by atoms with Crippen molar-refractivity contribution in [1.82, 2.24) is 30.2 Å². The molecule has 0 bridgehead atoms. The minimum atomic E-state index is -4.47. The van der Waals surface area contributed by atoms with Gasteiger partial charge in [-0.25, -0.2) is 9.36 Å². The number of nitrogens with one attached hydrogen (secondary N) is 2. The highest BCUT2D eigenvalue weighted by atomic mass is 35.5. The van der Waals surface area contributed by atoms with Crippen molar-refractivity contribution in [3.8, 4) is 33.9 Å². The Labute approximate surface area is 370 Å². The number of halogens is 4. The third-order valence-electron chi connectivity index (χ3n) is 10.6. The molecule has 4 N–H and O–H groups in total. The van der Waals surface area contributed by atoms with Crippen molar-refractivity contribution in [2.75, 3.05) is 13.1 Å². The van der Waals surface area contributed by atoms with Gasteiger partial charge in [-0.1, -0.05) is 58.5 Å². The number of rotatable bonds is 10. The number of aryl methyl sites for hydroxylation is 2. The molecule has 20 heteroatoms. The second-order valence-corrected chi connectivity index (χ2v) is 19.1. The molecule has 0 radical (unpaired) electrons. The molecular weight excluding hydrogens is 910 g/mol. The number of hydrogen-bond donors (Lipinski definition) is 4. The molecule has 316 valence electrons. The summed E-state index contributed by atoms with van der Waals surface area (Å²) in [6.45, 7) is 0.320. The topological polar surface area (TPSA) is 203 Å². The van der Waals surface area contributed by atoms with Crippen molar-refractivity contribution in [3.05, 3.63) is 127 Å². The minimum Gasteiger partial charge on any atom is -0.351 e. The molecule has 0 saturated carbocycles. The first kappa shape index (κ1) is 42.9. The van der Waals surface area contributed by atoms with E-state index >= 15 is 0 Å².